The molecule has 1 aliphatic rings. The first-order valence-corrected chi connectivity index (χ1v) is 7.17. The van der Waals surface area contributed by atoms with Gasteiger partial charge in [-0.1, -0.05) is 26.0 Å². The van der Waals surface area contributed by atoms with Crippen LogP contribution >= 0.6 is 0 Å². The molecule has 0 radical (unpaired) electrons. The Morgan fingerprint density at radius 1 is 1.22 bits per heavy atom. The first-order valence-electron chi connectivity index (χ1n) is 7.17. The number of fused-ring (bicyclic) bond motifs is 1. The van der Waals surface area contributed by atoms with Gasteiger partial charge < -0.3 is 10.2 Å². The largest absolute Gasteiger partial charge is 0.369 e. The standard InChI is InChI=1S/C16H26N2/c1-12(2)11-18(13(3)4)16-7-5-6-14-10-17-9-8-15(14)16/h5-7,12-13,17H,8-11H2,1-4H3. The first-order chi connectivity index (χ1) is 8.59. The average Bonchev–Trinajstić information content (AvgIpc) is 2.35. The Balaban J connectivity index is 2.35. The Kier molecular flexibility index (Phi) is 4.28. The molecule has 0 spiro atoms. The zero-order valence-corrected chi connectivity index (χ0v) is 12.2. The third-order valence-electron chi connectivity index (χ3n) is 3.61. The molecule has 0 amide bonds. The minimum Gasteiger partial charge on any atom is -0.369 e. The molecule has 1 aromatic carbocycles. The van der Waals surface area contributed by atoms with Gasteiger partial charge in [-0.3, -0.25) is 0 Å². The topological polar surface area (TPSA) is 15.3 Å². The maximum absolute atomic E-state index is 3.46. The Morgan fingerprint density at radius 2 is 2.00 bits per heavy atom. The summed E-state index contributed by atoms with van der Waals surface area (Å²) in [6.45, 7) is 12.5. The van der Waals surface area contributed by atoms with Crippen molar-refractivity contribution in [1.82, 2.24) is 5.32 Å². The number of hydrogen-bond donors (Lipinski definition) is 1. The van der Waals surface area contributed by atoms with Crippen LogP contribution in [0.2, 0.25) is 0 Å². The summed E-state index contributed by atoms with van der Waals surface area (Å²) in [5.74, 6) is 0.699. The molecule has 0 aromatic heterocycles. The van der Waals surface area contributed by atoms with Crippen LogP contribution in [0.3, 0.4) is 0 Å². The summed E-state index contributed by atoms with van der Waals surface area (Å²) in [4.78, 5) is 2.56. The second kappa shape index (κ2) is 5.75. The smallest absolute Gasteiger partial charge is 0.0404 e. The quantitative estimate of drug-likeness (QED) is 0.877. The lowest BCUT2D eigenvalue weighted by Crippen LogP contribution is -2.36. The lowest BCUT2D eigenvalue weighted by molar-refractivity contribution is 0.565. The van der Waals surface area contributed by atoms with Crippen LogP contribution in [0.15, 0.2) is 18.2 Å². The molecule has 0 bridgehead atoms. The SMILES string of the molecule is CC(C)CN(c1cccc2c1CCNC2)C(C)C. The van der Waals surface area contributed by atoms with Crippen molar-refractivity contribution in [3.63, 3.8) is 0 Å². The van der Waals surface area contributed by atoms with E-state index in [0.717, 1.165) is 26.1 Å². The highest BCUT2D eigenvalue weighted by Gasteiger charge is 2.19. The van der Waals surface area contributed by atoms with Crippen molar-refractivity contribution in [1.29, 1.82) is 0 Å². The van der Waals surface area contributed by atoms with E-state index < -0.39 is 0 Å². The number of hydrogen-bond acceptors (Lipinski definition) is 2. The highest BCUT2D eigenvalue weighted by atomic mass is 15.2. The molecular formula is C16H26N2. The number of nitrogens with zero attached hydrogens (tertiary/aromatic N) is 1. The molecule has 2 nitrogen and oxygen atoms in total. The van der Waals surface area contributed by atoms with Crippen molar-refractivity contribution >= 4 is 5.69 Å². The summed E-state index contributed by atoms with van der Waals surface area (Å²) in [7, 11) is 0. The minimum atomic E-state index is 0.564. The number of anilines is 1. The van der Waals surface area contributed by atoms with Crippen LogP contribution < -0.4 is 10.2 Å². The molecule has 1 N–H and O–H groups in total. The summed E-state index contributed by atoms with van der Waals surface area (Å²) in [6, 6.07) is 7.33. The van der Waals surface area contributed by atoms with Crippen molar-refractivity contribution < 1.29 is 0 Å². The molecule has 0 aliphatic carbocycles. The highest BCUT2D eigenvalue weighted by molar-refractivity contribution is 5.58. The molecule has 0 saturated carbocycles. The van der Waals surface area contributed by atoms with E-state index in [0.29, 0.717) is 12.0 Å². The van der Waals surface area contributed by atoms with Gasteiger partial charge in [0.15, 0.2) is 0 Å². The summed E-state index contributed by atoms with van der Waals surface area (Å²) in [5, 5.41) is 3.46. The van der Waals surface area contributed by atoms with Crippen LogP contribution in [0.25, 0.3) is 0 Å². The Labute approximate surface area is 111 Å². The number of nitrogens with one attached hydrogen (secondary N) is 1. The zero-order valence-electron chi connectivity index (χ0n) is 12.2. The normalized spacial score (nSPS) is 15.0. The molecule has 1 heterocycles. The van der Waals surface area contributed by atoms with Gasteiger partial charge in [-0.25, -0.2) is 0 Å². The molecule has 0 atom stereocenters. The molecule has 1 aromatic rings. The maximum Gasteiger partial charge on any atom is 0.0404 e. The number of benzene rings is 1. The van der Waals surface area contributed by atoms with Crippen molar-refractivity contribution in [2.24, 2.45) is 5.92 Å². The molecule has 2 rings (SSSR count). The summed E-state index contributed by atoms with van der Waals surface area (Å²) < 4.78 is 0. The molecule has 100 valence electrons. The van der Waals surface area contributed by atoms with Crippen molar-refractivity contribution in [3.8, 4) is 0 Å². The van der Waals surface area contributed by atoms with E-state index in [1.165, 1.54) is 11.3 Å². The fraction of sp³-hybridized carbons (Fsp3) is 0.625. The lowest BCUT2D eigenvalue weighted by Gasteiger charge is -2.34. The molecule has 0 fully saturated rings. The predicted octanol–water partition coefficient (Wildman–Crippen LogP) is 3.20. The van der Waals surface area contributed by atoms with Crippen molar-refractivity contribution in [2.75, 3.05) is 18.0 Å². The molecule has 0 saturated heterocycles. The van der Waals surface area contributed by atoms with E-state index in [4.69, 9.17) is 0 Å². The summed E-state index contributed by atoms with van der Waals surface area (Å²) in [5.41, 5.74) is 4.50. The van der Waals surface area contributed by atoms with Crippen LogP contribution in [0, 0.1) is 5.92 Å². The molecule has 18 heavy (non-hydrogen) atoms. The van der Waals surface area contributed by atoms with Gasteiger partial charge in [-0.15, -0.1) is 0 Å². The monoisotopic (exact) mass is 246 g/mol. The maximum atomic E-state index is 3.46. The van der Waals surface area contributed by atoms with E-state index >= 15 is 0 Å². The van der Waals surface area contributed by atoms with Gasteiger partial charge in [-0.05, 0) is 49.9 Å². The van der Waals surface area contributed by atoms with Crippen molar-refractivity contribution in [3.05, 3.63) is 29.3 Å². The van der Waals surface area contributed by atoms with Gasteiger partial charge in [0.1, 0.15) is 0 Å². The first kappa shape index (κ1) is 13.4. The van der Waals surface area contributed by atoms with Gasteiger partial charge >= 0.3 is 0 Å². The summed E-state index contributed by atoms with van der Waals surface area (Å²) in [6.07, 6.45) is 1.16. The second-order valence-corrected chi connectivity index (χ2v) is 5.98. The lowest BCUT2D eigenvalue weighted by atomic mass is 9.97. The second-order valence-electron chi connectivity index (χ2n) is 5.98. The molecule has 1 aliphatic heterocycles. The van der Waals surface area contributed by atoms with Gasteiger partial charge in [0.2, 0.25) is 0 Å². The highest BCUT2D eigenvalue weighted by Crippen LogP contribution is 2.28. The van der Waals surface area contributed by atoms with Gasteiger partial charge in [0.05, 0.1) is 0 Å². The van der Waals surface area contributed by atoms with Crippen molar-refractivity contribution in [2.45, 2.75) is 46.7 Å². The fourth-order valence-electron chi connectivity index (χ4n) is 2.76. The average molecular weight is 246 g/mol. The fourth-order valence-corrected chi connectivity index (χ4v) is 2.76. The van der Waals surface area contributed by atoms with Gasteiger partial charge in [0.25, 0.3) is 0 Å². The van der Waals surface area contributed by atoms with E-state index in [1.54, 1.807) is 5.56 Å². The Hall–Kier alpha value is -1.02. The summed E-state index contributed by atoms with van der Waals surface area (Å²) >= 11 is 0. The van der Waals surface area contributed by atoms with Crippen LogP contribution in [0.1, 0.15) is 38.8 Å². The van der Waals surface area contributed by atoms with E-state index in [2.05, 4.69) is 56.1 Å². The molecule has 2 heteroatoms. The van der Waals surface area contributed by atoms with E-state index in [1.807, 2.05) is 0 Å². The van der Waals surface area contributed by atoms with Gasteiger partial charge in [0, 0.05) is 24.8 Å². The Bertz CT molecular complexity index is 396. The van der Waals surface area contributed by atoms with Crippen LogP contribution in [-0.4, -0.2) is 19.1 Å². The van der Waals surface area contributed by atoms with Crippen LogP contribution in [0.4, 0.5) is 5.69 Å². The number of rotatable bonds is 4. The molecule has 0 unspecified atom stereocenters. The van der Waals surface area contributed by atoms with Crippen LogP contribution in [-0.2, 0) is 13.0 Å². The van der Waals surface area contributed by atoms with E-state index in [-0.39, 0.29) is 0 Å². The third-order valence-corrected chi connectivity index (χ3v) is 3.61. The van der Waals surface area contributed by atoms with Crippen LogP contribution in [0.5, 0.6) is 0 Å². The minimum absolute atomic E-state index is 0.564. The van der Waals surface area contributed by atoms with E-state index in [9.17, 15) is 0 Å². The predicted molar refractivity (Wildman–Crippen MR) is 79.2 cm³/mol. The Morgan fingerprint density at radius 3 is 2.67 bits per heavy atom. The van der Waals surface area contributed by atoms with Gasteiger partial charge in [-0.2, -0.15) is 0 Å². The third kappa shape index (κ3) is 2.86. The molecular weight excluding hydrogens is 220 g/mol. The zero-order chi connectivity index (χ0) is 13.1.